The van der Waals surface area contributed by atoms with Gasteiger partial charge in [0.15, 0.2) is 0 Å². The summed E-state index contributed by atoms with van der Waals surface area (Å²) in [7, 11) is 1.79. The lowest BCUT2D eigenvalue weighted by atomic mass is 10.0. The van der Waals surface area contributed by atoms with E-state index in [0.717, 1.165) is 21.7 Å². The first-order valence-corrected chi connectivity index (χ1v) is 9.79. The smallest absolute Gasteiger partial charge is 0.354 e. The van der Waals surface area contributed by atoms with Crippen LogP contribution in [0.5, 0.6) is 0 Å². The maximum Gasteiger partial charge on any atom is 0.354 e. The lowest BCUT2D eigenvalue weighted by molar-refractivity contribution is 0.0516. The van der Waals surface area contributed by atoms with Crippen LogP contribution >= 0.6 is 11.3 Å². The van der Waals surface area contributed by atoms with Crippen LogP contribution in [0.25, 0.3) is 26.4 Å². The van der Waals surface area contributed by atoms with E-state index in [1.54, 1.807) is 24.6 Å². The average molecular weight is 389 g/mol. The first kappa shape index (κ1) is 19.4. The first-order chi connectivity index (χ1) is 13.6. The quantitative estimate of drug-likeness (QED) is 0.423. The lowest BCUT2D eigenvalue weighted by Crippen LogP contribution is -2.12. The topological polar surface area (TPSA) is 59.4 Å². The molecule has 0 radical (unpaired) electrons. The van der Waals surface area contributed by atoms with E-state index in [9.17, 15) is 10.1 Å². The molecule has 1 aromatic carbocycles. The standard InChI is InChI=1S/C22H19N3O2S/c1-5-17-19(24-3)18(20(25(17)4)22(26)27-6-2)14-7-9-15(10-8-14)21-16(13-23)11-12-28-21/h7-12H,5-6H2,1-2,4H3. The van der Waals surface area contributed by atoms with E-state index in [1.165, 1.54) is 11.3 Å². The van der Waals surface area contributed by atoms with Gasteiger partial charge >= 0.3 is 5.97 Å². The summed E-state index contributed by atoms with van der Waals surface area (Å²) in [6, 6.07) is 11.6. The second-order valence-corrected chi connectivity index (χ2v) is 7.03. The van der Waals surface area contributed by atoms with Crippen LogP contribution < -0.4 is 0 Å². The molecule has 0 bridgehead atoms. The summed E-state index contributed by atoms with van der Waals surface area (Å²) in [6.07, 6.45) is 0.638. The minimum absolute atomic E-state index is 0.270. The van der Waals surface area contributed by atoms with Gasteiger partial charge in [0.2, 0.25) is 5.69 Å². The Bertz CT molecular complexity index is 1110. The molecule has 3 rings (SSSR count). The zero-order valence-corrected chi connectivity index (χ0v) is 16.8. The third-order valence-corrected chi connectivity index (χ3v) is 5.59. The highest BCUT2D eigenvalue weighted by Crippen LogP contribution is 2.40. The van der Waals surface area contributed by atoms with E-state index in [4.69, 9.17) is 11.3 Å². The SMILES string of the molecule is [C-]#[N+]c1c(-c2ccc(-c3sccc3C#N)cc2)c(C(=O)OCC)n(C)c1CC. The molecule has 0 fully saturated rings. The number of carbonyl (C=O) groups is 1. The van der Waals surface area contributed by atoms with Crippen molar-refractivity contribution in [2.24, 2.45) is 7.05 Å². The van der Waals surface area contributed by atoms with Gasteiger partial charge in [-0.1, -0.05) is 31.2 Å². The summed E-state index contributed by atoms with van der Waals surface area (Å²) in [5.41, 5.74) is 4.64. The number of nitrogens with zero attached hydrogens (tertiary/aromatic N) is 3. The van der Waals surface area contributed by atoms with Gasteiger partial charge in [-0.2, -0.15) is 5.26 Å². The number of aromatic nitrogens is 1. The molecule has 0 amide bonds. The van der Waals surface area contributed by atoms with Gasteiger partial charge in [0.25, 0.3) is 0 Å². The summed E-state index contributed by atoms with van der Waals surface area (Å²) in [5.74, 6) is -0.432. The summed E-state index contributed by atoms with van der Waals surface area (Å²) < 4.78 is 7.01. The number of ether oxygens (including phenoxy) is 1. The highest BCUT2D eigenvalue weighted by atomic mass is 32.1. The van der Waals surface area contributed by atoms with Gasteiger partial charge in [0.1, 0.15) is 11.8 Å². The number of benzene rings is 1. The molecule has 0 aliphatic rings. The van der Waals surface area contributed by atoms with Crippen molar-refractivity contribution in [3.8, 4) is 27.6 Å². The summed E-state index contributed by atoms with van der Waals surface area (Å²) in [5, 5.41) is 11.1. The van der Waals surface area contributed by atoms with Crippen LogP contribution in [0.1, 0.15) is 35.6 Å². The molecule has 0 unspecified atom stereocenters. The molecule has 0 aliphatic carbocycles. The molecule has 3 aromatic rings. The Balaban J connectivity index is 2.17. The van der Waals surface area contributed by atoms with Crippen molar-refractivity contribution < 1.29 is 9.53 Å². The number of carbonyl (C=O) groups excluding carboxylic acids is 1. The van der Waals surface area contributed by atoms with E-state index in [1.807, 2.05) is 36.6 Å². The van der Waals surface area contributed by atoms with Crippen LogP contribution in [0.2, 0.25) is 0 Å². The predicted molar refractivity (Wildman–Crippen MR) is 110 cm³/mol. The highest BCUT2D eigenvalue weighted by Gasteiger charge is 2.26. The third kappa shape index (κ3) is 3.19. The van der Waals surface area contributed by atoms with Gasteiger partial charge < -0.3 is 9.30 Å². The van der Waals surface area contributed by atoms with Crippen molar-refractivity contribution in [2.45, 2.75) is 20.3 Å². The summed E-state index contributed by atoms with van der Waals surface area (Å²) in [4.78, 5) is 17.2. The van der Waals surface area contributed by atoms with Crippen LogP contribution in [0.15, 0.2) is 35.7 Å². The van der Waals surface area contributed by atoms with Gasteiger partial charge in [-0.3, -0.25) is 0 Å². The van der Waals surface area contributed by atoms with Crippen LogP contribution in [0.4, 0.5) is 5.69 Å². The Morgan fingerprint density at radius 1 is 1.25 bits per heavy atom. The molecular formula is C22H19N3O2S. The van der Waals surface area contributed by atoms with Crippen LogP contribution in [-0.4, -0.2) is 17.1 Å². The monoisotopic (exact) mass is 389 g/mol. The van der Waals surface area contributed by atoms with E-state index >= 15 is 0 Å². The molecule has 0 aliphatic heterocycles. The maximum absolute atomic E-state index is 12.6. The number of hydrogen-bond acceptors (Lipinski definition) is 4. The molecular weight excluding hydrogens is 370 g/mol. The molecule has 0 spiro atoms. The molecule has 2 aromatic heterocycles. The van der Waals surface area contributed by atoms with Crippen molar-refractivity contribution in [2.75, 3.05) is 6.61 Å². The van der Waals surface area contributed by atoms with Gasteiger partial charge in [-0.15, -0.1) is 11.3 Å². The zero-order chi connectivity index (χ0) is 20.3. The molecule has 0 atom stereocenters. The van der Waals surface area contributed by atoms with Crippen LogP contribution in [0, 0.1) is 17.9 Å². The Morgan fingerprint density at radius 2 is 1.93 bits per heavy atom. The highest BCUT2D eigenvalue weighted by molar-refractivity contribution is 7.13. The van der Waals surface area contributed by atoms with E-state index < -0.39 is 5.97 Å². The number of nitriles is 1. The fraction of sp³-hybridized carbons (Fsp3) is 0.227. The zero-order valence-electron chi connectivity index (χ0n) is 15.9. The number of esters is 1. The van der Waals surface area contributed by atoms with Crippen molar-refractivity contribution in [1.29, 1.82) is 5.26 Å². The third-order valence-electron chi connectivity index (χ3n) is 4.62. The van der Waals surface area contributed by atoms with Crippen molar-refractivity contribution in [3.05, 3.63) is 64.1 Å². The van der Waals surface area contributed by atoms with E-state index in [0.29, 0.717) is 28.9 Å². The molecule has 0 N–H and O–H groups in total. The van der Waals surface area contributed by atoms with Crippen LogP contribution in [0.3, 0.4) is 0 Å². The molecule has 0 saturated carbocycles. The number of rotatable bonds is 5. The minimum Gasteiger partial charge on any atom is -0.461 e. The molecule has 2 heterocycles. The molecule has 5 nitrogen and oxygen atoms in total. The molecule has 6 heteroatoms. The van der Waals surface area contributed by atoms with E-state index in [2.05, 4.69) is 10.9 Å². The van der Waals surface area contributed by atoms with Gasteiger partial charge in [-0.25, -0.2) is 9.64 Å². The Morgan fingerprint density at radius 3 is 2.50 bits per heavy atom. The van der Waals surface area contributed by atoms with Crippen molar-refractivity contribution in [3.63, 3.8) is 0 Å². The average Bonchev–Trinajstić information content (AvgIpc) is 3.29. The second-order valence-electron chi connectivity index (χ2n) is 6.12. The fourth-order valence-corrected chi connectivity index (χ4v) is 4.22. The lowest BCUT2D eigenvalue weighted by Gasteiger charge is -2.09. The molecule has 28 heavy (non-hydrogen) atoms. The largest absolute Gasteiger partial charge is 0.461 e. The predicted octanol–water partition coefficient (Wildman–Crippen LogP) is 5.58. The Hall–Kier alpha value is -3.35. The maximum atomic E-state index is 12.6. The Labute approximate surface area is 168 Å². The van der Waals surface area contributed by atoms with Crippen molar-refractivity contribution >= 4 is 23.0 Å². The van der Waals surface area contributed by atoms with Crippen molar-refractivity contribution in [1.82, 2.24) is 4.57 Å². The molecule has 140 valence electrons. The van der Waals surface area contributed by atoms with Gasteiger partial charge in [0.05, 0.1) is 23.6 Å². The van der Waals surface area contributed by atoms with E-state index in [-0.39, 0.29) is 6.61 Å². The Kier molecular flexibility index (Phi) is 5.63. The van der Waals surface area contributed by atoms with Crippen LogP contribution in [-0.2, 0) is 18.2 Å². The normalized spacial score (nSPS) is 10.3. The minimum atomic E-state index is -0.432. The molecule has 0 saturated heterocycles. The van der Waals surface area contributed by atoms with Gasteiger partial charge in [-0.05, 0) is 35.9 Å². The second kappa shape index (κ2) is 8.12. The first-order valence-electron chi connectivity index (χ1n) is 8.91. The number of thiophene rings is 1. The summed E-state index contributed by atoms with van der Waals surface area (Å²) >= 11 is 1.51. The number of hydrogen-bond donors (Lipinski definition) is 0. The van der Waals surface area contributed by atoms with Gasteiger partial charge in [0, 0.05) is 18.3 Å². The summed E-state index contributed by atoms with van der Waals surface area (Å²) in [6.45, 7) is 11.7. The fourth-order valence-electron chi connectivity index (χ4n) is 3.36.